The van der Waals surface area contributed by atoms with Crippen LogP contribution in [0, 0.1) is 5.92 Å². The zero-order valence-corrected chi connectivity index (χ0v) is 10.2. The van der Waals surface area contributed by atoms with Crippen molar-refractivity contribution < 1.29 is 14.7 Å². The van der Waals surface area contributed by atoms with Crippen LogP contribution in [0.15, 0.2) is 0 Å². The molecule has 0 spiro atoms. The smallest absolute Gasteiger partial charge is 0.408 e. The van der Waals surface area contributed by atoms with Crippen LogP contribution in [0.3, 0.4) is 0 Å². The lowest BCUT2D eigenvalue weighted by Gasteiger charge is -2.38. The second-order valence-corrected chi connectivity index (χ2v) is 5.05. The Bertz CT molecular complexity index is 313. The number of nitrogens with zero attached hydrogens (tertiary/aromatic N) is 1. The highest BCUT2D eigenvalue weighted by atomic mass is 16.4. The van der Waals surface area contributed by atoms with E-state index in [2.05, 4.69) is 5.32 Å². The number of Topliss-reactive ketones (excluding diaryl/α,β-unsaturated/α-hetero) is 1. The van der Waals surface area contributed by atoms with E-state index in [1.165, 1.54) is 4.90 Å². The van der Waals surface area contributed by atoms with Crippen LogP contribution in [-0.2, 0) is 4.79 Å². The first-order valence-electron chi connectivity index (χ1n) is 6.38. The molecule has 1 saturated heterocycles. The summed E-state index contributed by atoms with van der Waals surface area (Å²) in [4.78, 5) is 24.9. The summed E-state index contributed by atoms with van der Waals surface area (Å²) in [5, 5.41) is 12.4. The van der Waals surface area contributed by atoms with E-state index in [0.29, 0.717) is 13.1 Å². The van der Waals surface area contributed by atoms with Crippen molar-refractivity contribution in [1.29, 1.82) is 0 Å². The molecule has 2 rings (SSSR count). The topological polar surface area (TPSA) is 69.6 Å². The van der Waals surface area contributed by atoms with Crippen molar-refractivity contribution in [2.75, 3.05) is 13.1 Å². The molecule has 17 heavy (non-hydrogen) atoms. The minimum atomic E-state index is -0.977. The molecule has 96 valence electrons. The lowest BCUT2D eigenvalue weighted by molar-refractivity contribution is -0.129. The number of amides is 1. The zero-order valence-electron chi connectivity index (χ0n) is 10.2. The molecule has 1 amide bonds. The van der Waals surface area contributed by atoms with Crippen LogP contribution < -0.4 is 5.32 Å². The summed E-state index contributed by atoms with van der Waals surface area (Å²) in [7, 11) is 0. The monoisotopic (exact) mass is 240 g/mol. The maximum atomic E-state index is 12.4. The van der Waals surface area contributed by atoms with Crippen molar-refractivity contribution in [3.63, 3.8) is 0 Å². The molecule has 0 aromatic rings. The SMILES string of the molecule is CC1NCCN(C(=O)O)C1C(=O)C1CCCC1. The Morgan fingerprint density at radius 2 is 1.94 bits per heavy atom. The van der Waals surface area contributed by atoms with Crippen molar-refractivity contribution in [1.82, 2.24) is 10.2 Å². The summed E-state index contributed by atoms with van der Waals surface area (Å²) >= 11 is 0. The van der Waals surface area contributed by atoms with E-state index in [-0.39, 0.29) is 17.7 Å². The van der Waals surface area contributed by atoms with Gasteiger partial charge in [0.25, 0.3) is 0 Å². The third kappa shape index (κ3) is 2.44. The average molecular weight is 240 g/mol. The summed E-state index contributed by atoms with van der Waals surface area (Å²) in [6.07, 6.45) is 3.07. The zero-order chi connectivity index (χ0) is 12.4. The molecule has 1 saturated carbocycles. The highest BCUT2D eigenvalue weighted by Gasteiger charge is 2.40. The van der Waals surface area contributed by atoms with E-state index in [1.807, 2.05) is 6.92 Å². The Kier molecular flexibility index (Phi) is 3.66. The highest BCUT2D eigenvalue weighted by Crippen LogP contribution is 2.28. The highest BCUT2D eigenvalue weighted by molar-refractivity contribution is 5.90. The Morgan fingerprint density at radius 3 is 2.53 bits per heavy atom. The van der Waals surface area contributed by atoms with Crippen LogP contribution in [0.4, 0.5) is 4.79 Å². The number of rotatable bonds is 2. The van der Waals surface area contributed by atoms with Crippen LogP contribution in [0.2, 0.25) is 0 Å². The van der Waals surface area contributed by atoms with E-state index in [0.717, 1.165) is 25.7 Å². The number of piperazine rings is 1. The molecular weight excluding hydrogens is 220 g/mol. The first-order chi connectivity index (χ1) is 8.11. The molecule has 2 unspecified atom stereocenters. The van der Waals surface area contributed by atoms with Gasteiger partial charge in [-0.2, -0.15) is 0 Å². The van der Waals surface area contributed by atoms with Gasteiger partial charge in [-0.15, -0.1) is 0 Å². The Labute approximate surface area is 101 Å². The quantitative estimate of drug-likeness (QED) is 0.758. The Morgan fingerprint density at radius 1 is 1.29 bits per heavy atom. The maximum Gasteiger partial charge on any atom is 0.408 e. The van der Waals surface area contributed by atoms with Gasteiger partial charge in [0.15, 0.2) is 5.78 Å². The first-order valence-corrected chi connectivity index (χ1v) is 6.38. The number of carbonyl (C=O) groups excluding carboxylic acids is 1. The molecule has 0 aromatic heterocycles. The summed E-state index contributed by atoms with van der Waals surface area (Å²) in [5.74, 6) is 0.189. The van der Waals surface area contributed by atoms with Crippen molar-refractivity contribution >= 4 is 11.9 Å². The van der Waals surface area contributed by atoms with E-state index >= 15 is 0 Å². The van der Waals surface area contributed by atoms with Gasteiger partial charge in [-0.25, -0.2) is 4.79 Å². The number of hydrogen-bond acceptors (Lipinski definition) is 3. The second-order valence-electron chi connectivity index (χ2n) is 5.05. The second kappa shape index (κ2) is 5.04. The van der Waals surface area contributed by atoms with Gasteiger partial charge < -0.3 is 10.4 Å². The number of ketones is 1. The van der Waals surface area contributed by atoms with Crippen molar-refractivity contribution in [3.8, 4) is 0 Å². The van der Waals surface area contributed by atoms with Crippen molar-refractivity contribution in [3.05, 3.63) is 0 Å². The minimum Gasteiger partial charge on any atom is -0.465 e. The molecule has 0 radical (unpaired) electrons. The predicted octanol–water partition coefficient (Wildman–Crippen LogP) is 1.09. The van der Waals surface area contributed by atoms with Crippen LogP contribution in [0.1, 0.15) is 32.6 Å². The largest absolute Gasteiger partial charge is 0.465 e. The fourth-order valence-corrected chi connectivity index (χ4v) is 3.00. The summed E-state index contributed by atoms with van der Waals surface area (Å²) in [6.45, 7) is 2.93. The van der Waals surface area contributed by atoms with E-state index in [9.17, 15) is 9.59 Å². The van der Waals surface area contributed by atoms with E-state index in [1.54, 1.807) is 0 Å². The number of carbonyl (C=O) groups is 2. The first kappa shape index (κ1) is 12.4. The fourth-order valence-electron chi connectivity index (χ4n) is 3.00. The van der Waals surface area contributed by atoms with Crippen molar-refractivity contribution in [2.45, 2.75) is 44.7 Å². The molecule has 5 heteroatoms. The molecule has 0 bridgehead atoms. The molecule has 2 N–H and O–H groups in total. The molecule has 1 aliphatic heterocycles. The Balaban J connectivity index is 2.12. The predicted molar refractivity (Wildman–Crippen MR) is 62.9 cm³/mol. The number of nitrogens with one attached hydrogen (secondary N) is 1. The van der Waals surface area contributed by atoms with Crippen molar-refractivity contribution in [2.24, 2.45) is 5.92 Å². The van der Waals surface area contributed by atoms with Gasteiger partial charge in [-0.1, -0.05) is 12.8 Å². The number of hydrogen-bond donors (Lipinski definition) is 2. The lowest BCUT2D eigenvalue weighted by Crippen LogP contribution is -2.62. The van der Waals surface area contributed by atoms with Gasteiger partial charge >= 0.3 is 6.09 Å². The van der Waals surface area contributed by atoms with Gasteiger partial charge in [-0.05, 0) is 19.8 Å². The third-order valence-electron chi connectivity index (χ3n) is 3.92. The fraction of sp³-hybridized carbons (Fsp3) is 0.833. The average Bonchev–Trinajstić information content (AvgIpc) is 2.81. The van der Waals surface area contributed by atoms with Crippen LogP contribution in [-0.4, -0.2) is 47.1 Å². The van der Waals surface area contributed by atoms with Gasteiger partial charge in [0, 0.05) is 25.0 Å². The van der Waals surface area contributed by atoms with Crippen LogP contribution >= 0.6 is 0 Å². The summed E-state index contributed by atoms with van der Waals surface area (Å²) in [5.41, 5.74) is 0. The van der Waals surface area contributed by atoms with Gasteiger partial charge in [-0.3, -0.25) is 9.69 Å². The normalized spacial score (nSPS) is 30.5. The molecule has 0 aromatic carbocycles. The molecule has 2 atom stereocenters. The van der Waals surface area contributed by atoms with E-state index in [4.69, 9.17) is 5.11 Å². The summed E-state index contributed by atoms with van der Waals surface area (Å²) < 4.78 is 0. The molecular formula is C12H20N2O3. The van der Waals surface area contributed by atoms with Gasteiger partial charge in [0.1, 0.15) is 6.04 Å². The lowest BCUT2D eigenvalue weighted by atomic mass is 9.90. The standard InChI is InChI=1S/C12H20N2O3/c1-8-10(11(15)9-4-2-3-5-9)14(12(16)17)7-6-13-8/h8-10,13H,2-7H2,1H3,(H,16,17). The molecule has 2 aliphatic rings. The molecule has 1 aliphatic carbocycles. The number of carboxylic acid groups (broad SMARTS) is 1. The summed E-state index contributed by atoms with van der Waals surface area (Å²) in [6, 6.07) is -0.572. The van der Waals surface area contributed by atoms with Gasteiger partial charge in [0.05, 0.1) is 0 Å². The Hall–Kier alpha value is -1.10. The molecule has 5 nitrogen and oxygen atoms in total. The molecule has 1 heterocycles. The minimum absolute atomic E-state index is 0.0733. The van der Waals surface area contributed by atoms with Crippen LogP contribution in [0.25, 0.3) is 0 Å². The van der Waals surface area contributed by atoms with Gasteiger partial charge in [0.2, 0.25) is 0 Å². The third-order valence-corrected chi connectivity index (χ3v) is 3.92. The molecule has 2 fully saturated rings. The van der Waals surface area contributed by atoms with E-state index < -0.39 is 12.1 Å². The van der Waals surface area contributed by atoms with Crippen LogP contribution in [0.5, 0.6) is 0 Å². The maximum absolute atomic E-state index is 12.4.